The molecule has 0 radical (unpaired) electrons. The van der Waals surface area contributed by atoms with Gasteiger partial charge >= 0.3 is 12.0 Å². The monoisotopic (exact) mass is 290 g/mol. The molecular weight excluding hydrogens is 268 g/mol. The number of ether oxygens (including phenoxy) is 1. The van der Waals surface area contributed by atoms with E-state index in [1.165, 1.54) is 7.11 Å². The molecule has 0 unspecified atom stereocenters. The average molecular weight is 290 g/mol. The van der Waals surface area contributed by atoms with Crippen LogP contribution in [-0.2, 0) is 9.53 Å². The first-order valence-corrected chi connectivity index (χ1v) is 7.34. The molecule has 1 aliphatic heterocycles. The van der Waals surface area contributed by atoms with E-state index in [1.54, 1.807) is 9.80 Å². The van der Waals surface area contributed by atoms with E-state index in [9.17, 15) is 9.59 Å². The number of para-hydroxylation sites is 1. The lowest BCUT2D eigenvalue weighted by atomic mass is 10.1. The first-order valence-electron chi connectivity index (χ1n) is 7.34. The molecule has 0 spiro atoms. The summed E-state index contributed by atoms with van der Waals surface area (Å²) in [6, 6.07) is 8.35. The molecule has 0 aromatic heterocycles. The van der Waals surface area contributed by atoms with Crippen molar-refractivity contribution in [3.05, 3.63) is 30.3 Å². The third-order valence-electron chi connectivity index (χ3n) is 3.91. The van der Waals surface area contributed by atoms with E-state index in [1.807, 2.05) is 37.3 Å². The molecule has 21 heavy (non-hydrogen) atoms. The lowest BCUT2D eigenvalue weighted by Gasteiger charge is -2.22. The predicted molar refractivity (Wildman–Crippen MR) is 81.2 cm³/mol. The molecule has 1 aromatic rings. The van der Waals surface area contributed by atoms with E-state index in [4.69, 9.17) is 4.74 Å². The molecule has 0 saturated carbocycles. The topological polar surface area (TPSA) is 49.9 Å². The van der Waals surface area contributed by atoms with Crippen molar-refractivity contribution in [2.75, 3.05) is 18.6 Å². The highest BCUT2D eigenvalue weighted by atomic mass is 16.5. The molecule has 1 heterocycles. The fourth-order valence-corrected chi connectivity index (χ4v) is 2.73. The maximum absolute atomic E-state index is 12.7. The molecule has 5 heteroatoms. The second-order valence-corrected chi connectivity index (χ2v) is 5.24. The van der Waals surface area contributed by atoms with Gasteiger partial charge in [0, 0.05) is 12.2 Å². The van der Waals surface area contributed by atoms with Gasteiger partial charge < -0.3 is 9.64 Å². The van der Waals surface area contributed by atoms with Crippen LogP contribution in [0, 0.1) is 0 Å². The summed E-state index contributed by atoms with van der Waals surface area (Å²) in [5, 5.41) is 0. The first kappa shape index (κ1) is 15.4. The number of nitrogens with zero attached hydrogens (tertiary/aromatic N) is 2. The number of methoxy groups -OCH3 is 1. The number of hydrogen-bond donors (Lipinski definition) is 0. The normalized spacial score (nSPS) is 21.8. The molecule has 1 fully saturated rings. The van der Waals surface area contributed by atoms with Crippen molar-refractivity contribution in [2.24, 2.45) is 0 Å². The number of esters is 1. The second-order valence-electron chi connectivity index (χ2n) is 5.24. The Morgan fingerprint density at radius 1 is 1.29 bits per heavy atom. The maximum Gasteiger partial charge on any atom is 0.331 e. The van der Waals surface area contributed by atoms with Crippen LogP contribution in [0.25, 0.3) is 0 Å². The Morgan fingerprint density at radius 2 is 1.95 bits per heavy atom. The summed E-state index contributed by atoms with van der Waals surface area (Å²) >= 11 is 0. The van der Waals surface area contributed by atoms with Crippen LogP contribution in [0.3, 0.4) is 0 Å². The van der Waals surface area contributed by atoms with Gasteiger partial charge in [-0.2, -0.15) is 0 Å². The van der Waals surface area contributed by atoms with Crippen molar-refractivity contribution >= 4 is 17.7 Å². The Morgan fingerprint density at radius 3 is 2.52 bits per heavy atom. The van der Waals surface area contributed by atoms with E-state index in [-0.39, 0.29) is 18.0 Å². The van der Waals surface area contributed by atoms with Crippen LogP contribution < -0.4 is 4.90 Å². The minimum Gasteiger partial charge on any atom is -0.467 e. The number of unbranched alkanes of at least 4 members (excludes halogenated alkanes) is 1. The quantitative estimate of drug-likeness (QED) is 0.783. The second kappa shape index (κ2) is 6.61. The minimum absolute atomic E-state index is 0.127. The average Bonchev–Trinajstić information content (AvgIpc) is 2.76. The Labute approximate surface area is 125 Å². The van der Waals surface area contributed by atoms with Crippen LogP contribution in [0.1, 0.15) is 26.7 Å². The number of rotatable bonds is 5. The van der Waals surface area contributed by atoms with Crippen LogP contribution in [0.5, 0.6) is 0 Å². The molecule has 1 aliphatic rings. The molecule has 2 amide bonds. The van der Waals surface area contributed by atoms with Crippen molar-refractivity contribution in [1.29, 1.82) is 0 Å². The predicted octanol–water partition coefficient (Wildman–Crippen LogP) is 2.66. The molecule has 114 valence electrons. The molecule has 0 N–H and O–H groups in total. The van der Waals surface area contributed by atoms with Crippen molar-refractivity contribution in [1.82, 2.24) is 4.90 Å². The van der Waals surface area contributed by atoms with Crippen LogP contribution in [0.15, 0.2) is 30.3 Å². The van der Waals surface area contributed by atoms with Gasteiger partial charge in [-0.1, -0.05) is 31.5 Å². The van der Waals surface area contributed by atoms with E-state index in [0.717, 1.165) is 18.5 Å². The number of amides is 2. The van der Waals surface area contributed by atoms with Gasteiger partial charge in [0.15, 0.2) is 6.04 Å². The molecule has 5 nitrogen and oxygen atoms in total. The van der Waals surface area contributed by atoms with Gasteiger partial charge in [0.05, 0.1) is 13.2 Å². The summed E-state index contributed by atoms with van der Waals surface area (Å²) in [7, 11) is 1.36. The third-order valence-corrected chi connectivity index (χ3v) is 3.91. The SMILES string of the molecule is CCCCN1C(=O)N(c2ccccc2)[C@H](C(=O)OC)[C@@H]1C. The van der Waals surface area contributed by atoms with Crippen LogP contribution in [-0.4, -0.2) is 42.6 Å². The zero-order valence-electron chi connectivity index (χ0n) is 12.8. The Hall–Kier alpha value is -2.04. The fourth-order valence-electron chi connectivity index (χ4n) is 2.73. The van der Waals surface area contributed by atoms with Crippen molar-refractivity contribution in [3.63, 3.8) is 0 Å². The summed E-state index contributed by atoms with van der Waals surface area (Å²) in [5.74, 6) is -0.376. The largest absolute Gasteiger partial charge is 0.467 e. The van der Waals surface area contributed by atoms with Gasteiger partial charge in [-0.15, -0.1) is 0 Å². The van der Waals surface area contributed by atoms with E-state index < -0.39 is 6.04 Å². The summed E-state index contributed by atoms with van der Waals surface area (Å²) in [5.41, 5.74) is 0.726. The number of urea groups is 1. The fraction of sp³-hybridized carbons (Fsp3) is 0.500. The maximum atomic E-state index is 12.7. The standard InChI is InChI=1S/C16H22N2O3/c1-4-5-11-17-12(2)14(15(19)21-3)18(16(17)20)13-9-7-6-8-10-13/h6-10,12,14H,4-5,11H2,1-3H3/t12-,14-/m0/s1. The summed E-state index contributed by atoms with van der Waals surface area (Å²) < 4.78 is 4.90. The van der Waals surface area contributed by atoms with Gasteiger partial charge in [-0.25, -0.2) is 9.59 Å². The Kier molecular flexibility index (Phi) is 4.83. The van der Waals surface area contributed by atoms with Gasteiger partial charge in [0.2, 0.25) is 0 Å². The number of carbonyl (C=O) groups is 2. The van der Waals surface area contributed by atoms with E-state index >= 15 is 0 Å². The molecular formula is C16H22N2O3. The van der Waals surface area contributed by atoms with E-state index in [0.29, 0.717) is 6.54 Å². The Bertz CT molecular complexity index is 504. The summed E-state index contributed by atoms with van der Waals surface area (Å²) in [4.78, 5) is 28.1. The number of anilines is 1. The molecule has 2 atom stereocenters. The van der Waals surface area contributed by atoms with E-state index in [2.05, 4.69) is 6.92 Å². The smallest absolute Gasteiger partial charge is 0.331 e. The number of hydrogen-bond acceptors (Lipinski definition) is 3. The highest BCUT2D eigenvalue weighted by molar-refractivity contribution is 6.02. The first-order chi connectivity index (χ1) is 10.1. The highest BCUT2D eigenvalue weighted by Crippen LogP contribution is 2.30. The minimum atomic E-state index is -0.596. The van der Waals surface area contributed by atoms with Crippen molar-refractivity contribution < 1.29 is 14.3 Å². The van der Waals surface area contributed by atoms with Crippen molar-refractivity contribution in [2.45, 2.75) is 38.8 Å². The highest BCUT2D eigenvalue weighted by Gasteiger charge is 2.48. The Balaban J connectivity index is 2.35. The van der Waals surface area contributed by atoms with Gasteiger partial charge in [-0.3, -0.25) is 4.90 Å². The molecule has 1 saturated heterocycles. The summed E-state index contributed by atoms with van der Waals surface area (Å²) in [6.45, 7) is 4.64. The summed E-state index contributed by atoms with van der Waals surface area (Å²) in [6.07, 6.45) is 1.93. The van der Waals surface area contributed by atoms with Crippen LogP contribution in [0.4, 0.5) is 10.5 Å². The lowest BCUT2D eigenvalue weighted by molar-refractivity contribution is -0.142. The van der Waals surface area contributed by atoms with Crippen molar-refractivity contribution in [3.8, 4) is 0 Å². The number of benzene rings is 1. The molecule has 0 bridgehead atoms. The van der Waals surface area contributed by atoms with Gasteiger partial charge in [-0.05, 0) is 25.5 Å². The van der Waals surface area contributed by atoms with Crippen LogP contribution >= 0.6 is 0 Å². The zero-order valence-corrected chi connectivity index (χ0v) is 12.8. The third kappa shape index (κ3) is 2.86. The molecule has 0 aliphatic carbocycles. The number of carbonyl (C=O) groups excluding carboxylic acids is 2. The van der Waals surface area contributed by atoms with Gasteiger partial charge in [0.25, 0.3) is 0 Å². The zero-order chi connectivity index (χ0) is 15.4. The molecule has 1 aromatic carbocycles. The van der Waals surface area contributed by atoms with Crippen LogP contribution in [0.2, 0.25) is 0 Å². The van der Waals surface area contributed by atoms with Gasteiger partial charge in [0.1, 0.15) is 0 Å². The molecule has 2 rings (SSSR count). The lowest BCUT2D eigenvalue weighted by Crippen LogP contribution is -2.43.